The van der Waals surface area contributed by atoms with Crippen molar-refractivity contribution in [3.63, 3.8) is 0 Å². The molecule has 22 heavy (non-hydrogen) atoms. The summed E-state index contributed by atoms with van der Waals surface area (Å²) in [5, 5.41) is 4.93. The first-order chi connectivity index (χ1) is 10.5. The normalized spacial score (nSPS) is 13.3. The molecular formula is C16H21N3O3. The van der Waals surface area contributed by atoms with Gasteiger partial charge in [0.1, 0.15) is 0 Å². The van der Waals surface area contributed by atoms with Gasteiger partial charge in [-0.2, -0.15) is 0 Å². The fourth-order valence-corrected chi connectivity index (χ4v) is 2.52. The summed E-state index contributed by atoms with van der Waals surface area (Å²) in [5.74, 6) is -0.785. The predicted molar refractivity (Wildman–Crippen MR) is 83.5 cm³/mol. The number of benzene rings is 1. The van der Waals surface area contributed by atoms with Gasteiger partial charge in [0, 0.05) is 19.2 Å². The standard InChI is InChI=1S/C16H21N3O3/c1-11-5-6-14-13(8-11)4-3-7-19(14)16(22)10-18-15(21)9-17-12(2)20/h5-6,8H,3-4,7,9-10H2,1-2H3,(H,17,20)(H,18,21). The smallest absolute Gasteiger partial charge is 0.246 e. The highest BCUT2D eigenvalue weighted by atomic mass is 16.2. The lowest BCUT2D eigenvalue weighted by Crippen LogP contribution is -2.44. The lowest BCUT2D eigenvalue weighted by molar-refractivity contribution is -0.126. The Morgan fingerprint density at radius 3 is 2.68 bits per heavy atom. The van der Waals surface area contributed by atoms with Crippen molar-refractivity contribution in [2.45, 2.75) is 26.7 Å². The molecule has 0 atom stereocenters. The van der Waals surface area contributed by atoms with E-state index in [4.69, 9.17) is 0 Å². The first-order valence-corrected chi connectivity index (χ1v) is 7.38. The van der Waals surface area contributed by atoms with Crippen molar-refractivity contribution in [1.29, 1.82) is 0 Å². The van der Waals surface area contributed by atoms with E-state index in [-0.39, 0.29) is 30.8 Å². The molecule has 1 aromatic carbocycles. The van der Waals surface area contributed by atoms with Crippen LogP contribution in [0.25, 0.3) is 0 Å². The summed E-state index contributed by atoms with van der Waals surface area (Å²) >= 11 is 0. The quantitative estimate of drug-likeness (QED) is 0.851. The highest BCUT2D eigenvalue weighted by molar-refractivity contribution is 5.98. The van der Waals surface area contributed by atoms with Gasteiger partial charge in [0.2, 0.25) is 17.7 Å². The number of aryl methyl sites for hydroxylation is 2. The average molecular weight is 303 g/mol. The van der Waals surface area contributed by atoms with E-state index >= 15 is 0 Å². The van der Waals surface area contributed by atoms with Crippen molar-refractivity contribution in [2.75, 3.05) is 24.5 Å². The van der Waals surface area contributed by atoms with Gasteiger partial charge < -0.3 is 15.5 Å². The van der Waals surface area contributed by atoms with Gasteiger partial charge in [0.05, 0.1) is 13.1 Å². The average Bonchev–Trinajstić information content (AvgIpc) is 2.49. The zero-order chi connectivity index (χ0) is 16.1. The predicted octanol–water partition coefficient (Wildman–Crippen LogP) is 0.527. The summed E-state index contributed by atoms with van der Waals surface area (Å²) < 4.78 is 0. The molecule has 0 fully saturated rings. The van der Waals surface area contributed by atoms with Crippen molar-refractivity contribution >= 4 is 23.4 Å². The molecule has 118 valence electrons. The third kappa shape index (κ3) is 4.07. The van der Waals surface area contributed by atoms with E-state index in [1.165, 1.54) is 18.1 Å². The first-order valence-electron chi connectivity index (χ1n) is 7.38. The molecule has 0 radical (unpaired) electrons. The van der Waals surface area contributed by atoms with E-state index in [2.05, 4.69) is 16.7 Å². The number of nitrogens with zero attached hydrogens (tertiary/aromatic N) is 1. The molecule has 0 aliphatic carbocycles. The molecule has 1 aliphatic heterocycles. The molecule has 0 unspecified atom stereocenters. The summed E-state index contributed by atoms with van der Waals surface area (Å²) in [7, 11) is 0. The molecule has 1 heterocycles. The summed E-state index contributed by atoms with van der Waals surface area (Å²) in [6.07, 6.45) is 1.89. The van der Waals surface area contributed by atoms with E-state index in [1.54, 1.807) is 4.90 Å². The largest absolute Gasteiger partial charge is 0.347 e. The van der Waals surface area contributed by atoms with Crippen LogP contribution >= 0.6 is 0 Å². The number of carbonyl (C=O) groups excluding carboxylic acids is 3. The Kier molecular flexibility index (Phi) is 5.14. The topological polar surface area (TPSA) is 78.5 Å². The third-order valence-electron chi connectivity index (χ3n) is 3.59. The molecule has 6 heteroatoms. The van der Waals surface area contributed by atoms with Gasteiger partial charge in [-0.15, -0.1) is 0 Å². The highest BCUT2D eigenvalue weighted by Gasteiger charge is 2.22. The van der Waals surface area contributed by atoms with Crippen LogP contribution in [0.15, 0.2) is 18.2 Å². The number of hydrogen-bond donors (Lipinski definition) is 2. The van der Waals surface area contributed by atoms with Crippen molar-refractivity contribution in [2.24, 2.45) is 0 Å². The molecule has 0 saturated heterocycles. The maximum atomic E-state index is 12.3. The Bertz CT molecular complexity index is 598. The Morgan fingerprint density at radius 2 is 1.95 bits per heavy atom. The molecule has 2 N–H and O–H groups in total. The summed E-state index contributed by atoms with van der Waals surface area (Å²) in [4.78, 5) is 36.3. The second-order valence-electron chi connectivity index (χ2n) is 5.47. The Labute approximate surface area is 129 Å². The minimum absolute atomic E-state index is 0.0638. The van der Waals surface area contributed by atoms with E-state index in [1.807, 2.05) is 19.1 Å². The second-order valence-corrected chi connectivity index (χ2v) is 5.47. The van der Waals surface area contributed by atoms with Gasteiger partial charge in [0.15, 0.2) is 0 Å². The maximum Gasteiger partial charge on any atom is 0.246 e. The van der Waals surface area contributed by atoms with Crippen molar-refractivity contribution < 1.29 is 14.4 Å². The molecule has 0 saturated carbocycles. The van der Waals surface area contributed by atoms with Crippen LogP contribution in [0, 0.1) is 6.92 Å². The van der Waals surface area contributed by atoms with Crippen LogP contribution < -0.4 is 15.5 Å². The van der Waals surface area contributed by atoms with Gasteiger partial charge in [-0.25, -0.2) is 0 Å². The molecule has 6 nitrogen and oxygen atoms in total. The van der Waals surface area contributed by atoms with Gasteiger partial charge in [-0.05, 0) is 31.4 Å². The molecule has 0 bridgehead atoms. The van der Waals surface area contributed by atoms with Crippen LogP contribution in [0.1, 0.15) is 24.5 Å². The number of hydrogen-bond acceptors (Lipinski definition) is 3. The first kappa shape index (κ1) is 16.0. The third-order valence-corrected chi connectivity index (χ3v) is 3.59. The fourth-order valence-electron chi connectivity index (χ4n) is 2.52. The van der Waals surface area contributed by atoms with Gasteiger partial charge in [0.25, 0.3) is 0 Å². The number of anilines is 1. The lowest BCUT2D eigenvalue weighted by Gasteiger charge is -2.30. The zero-order valence-electron chi connectivity index (χ0n) is 12.9. The fraction of sp³-hybridized carbons (Fsp3) is 0.438. The van der Waals surface area contributed by atoms with Crippen LogP contribution in [0.4, 0.5) is 5.69 Å². The summed E-state index contributed by atoms with van der Waals surface area (Å²) in [5.41, 5.74) is 3.28. The van der Waals surface area contributed by atoms with E-state index in [0.29, 0.717) is 6.54 Å². The van der Waals surface area contributed by atoms with Gasteiger partial charge in [-0.1, -0.05) is 17.7 Å². The maximum absolute atomic E-state index is 12.3. The summed E-state index contributed by atoms with van der Waals surface area (Å²) in [6, 6.07) is 6.05. The monoisotopic (exact) mass is 303 g/mol. The van der Waals surface area contributed by atoms with Gasteiger partial charge in [-0.3, -0.25) is 14.4 Å². The lowest BCUT2D eigenvalue weighted by atomic mass is 9.99. The zero-order valence-corrected chi connectivity index (χ0v) is 12.9. The van der Waals surface area contributed by atoms with E-state index in [0.717, 1.165) is 18.5 Å². The Hall–Kier alpha value is -2.37. The van der Waals surface area contributed by atoms with Crippen LogP contribution in [-0.4, -0.2) is 37.4 Å². The number of nitrogens with one attached hydrogen (secondary N) is 2. The number of fused-ring (bicyclic) bond motifs is 1. The molecule has 0 spiro atoms. The SMILES string of the molecule is CC(=O)NCC(=O)NCC(=O)N1CCCc2cc(C)ccc21. The van der Waals surface area contributed by atoms with Crippen molar-refractivity contribution in [3.05, 3.63) is 29.3 Å². The van der Waals surface area contributed by atoms with Crippen LogP contribution in [0.3, 0.4) is 0 Å². The molecule has 3 amide bonds. The number of carbonyl (C=O) groups is 3. The number of amides is 3. The van der Waals surface area contributed by atoms with Crippen LogP contribution in [-0.2, 0) is 20.8 Å². The van der Waals surface area contributed by atoms with E-state index in [9.17, 15) is 14.4 Å². The molecular weight excluding hydrogens is 282 g/mol. The Balaban J connectivity index is 1.94. The minimum atomic E-state index is -0.371. The molecule has 1 aromatic rings. The number of rotatable bonds is 4. The molecule has 2 rings (SSSR count). The minimum Gasteiger partial charge on any atom is -0.347 e. The van der Waals surface area contributed by atoms with Crippen molar-refractivity contribution in [3.8, 4) is 0 Å². The van der Waals surface area contributed by atoms with Crippen LogP contribution in [0.5, 0.6) is 0 Å². The van der Waals surface area contributed by atoms with E-state index < -0.39 is 0 Å². The highest BCUT2D eigenvalue weighted by Crippen LogP contribution is 2.27. The molecule has 0 aromatic heterocycles. The second kappa shape index (κ2) is 7.06. The Morgan fingerprint density at radius 1 is 1.18 bits per heavy atom. The van der Waals surface area contributed by atoms with Crippen LogP contribution in [0.2, 0.25) is 0 Å². The molecule has 1 aliphatic rings. The van der Waals surface area contributed by atoms with Crippen molar-refractivity contribution in [1.82, 2.24) is 10.6 Å². The summed E-state index contributed by atoms with van der Waals surface area (Å²) in [6.45, 7) is 3.86. The van der Waals surface area contributed by atoms with Gasteiger partial charge >= 0.3 is 0 Å².